The van der Waals surface area contributed by atoms with Gasteiger partial charge in [-0.25, -0.2) is 0 Å². The van der Waals surface area contributed by atoms with Crippen molar-refractivity contribution in [2.24, 2.45) is 11.8 Å². The number of carbonyl (C=O) groups is 4. The topological polar surface area (TPSA) is 92.8 Å². The Kier molecular flexibility index (Phi) is 7.15. The highest BCUT2D eigenvalue weighted by atomic mass is 35.5. The Labute approximate surface area is 237 Å². The van der Waals surface area contributed by atoms with Gasteiger partial charge < -0.3 is 10.1 Å². The van der Waals surface area contributed by atoms with E-state index in [0.29, 0.717) is 36.5 Å². The molecule has 1 aliphatic heterocycles. The number of likely N-dealkylation sites (tertiary alicyclic amines) is 1. The Bertz CT molecular complexity index is 1370. The number of halogens is 1. The molecule has 1 heterocycles. The first-order valence-corrected chi connectivity index (χ1v) is 14.1. The molecule has 3 aliphatic carbocycles. The highest BCUT2D eigenvalue weighted by molar-refractivity contribution is 6.30. The predicted molar refractivity (Wildman–Crippen MR) is 150 cm³/mol. The molecule has 204 valence electrons. The summed E-state index contributed by atoms with van der Waals surface area (Å²) >= 11 is 5.83. The zero-order chi connectivity index (χ0) is 27.8. The number of unbranched alkanes of at least 4 members (excludes halogenated alkanes) is 2. The first-order valence-electron chi connectivity index (χ1n) is 13.7. The minimum atomic E-state index is -0.460. The number of hydrogen-bond donors (Lipinski definition) is 1. The fraction of sp³-hybridized carbons (Fsp3) is 0.312. The van der Waals surface area contributed by atoms with Gasteiger partial charge in [-0.05, 0) is 59.4 Å². The van der Waals surface area contributed by atoms with Gasteiger partial charge in [-0.15, -0.1) is 0 Å². The van der Waals surface area contributed by atoms with Crippen molar-refractivity contribution in [3.8, 4) is 0 Å². The first kappa shape index (κ1) is 26.3. The molecule has 3 amide bonds. The van der Waals surface area contributed by atoms with Gasteiger partial charge in [0.2, 0.25) is 11.8 Å². The van der Waals surface area contributed by atoms with E-state index < -0.39 is 11.9 Å². The summed E-state index contributed by atoms with van der Waals surface area (Å²) in [5.74, 6) is -1.99. The summed E-state index contributed by atoms with van der Waals surface area (Å²) in [5, 5.41) is 3.20. The van der Waals surface area contributed by atoms with Crippen LogP contribution in [0.5, 0.6) is 0 Å². The van der Waals surface area contributed by atoms with Gasteiger partial charge >= 0.3 is 5.97 Å². The molecule has 0 radical (unpaired) electrons. The number of anilines is 1. The minimum absolute atomic E-state index is 0.0832. The van der Waals surface area contributed by atoms with Gasteiger partial charge in [0.05, 0.1) is 11.8 Å². The second kappa shape index (κ2) is 10.9. The summed E-state index contributed by atoms with van der Waals surface area (Å²) in [7, 11) is 0. The van der Waals surface area contributed by atoms with E-state index in [1.165, 1.54) is 4.90 Å². The number of esters is 1. The van der Waals surface area contributed by atoms with E-state index in [1.807, 2.05) is 24.3 Å². The number of imide groups is 1. The molecule has 1 fully saturated rings. The second-order valence-electron chi connectivity index (χ2n) is 10.6. The van der Waals surface area contributed by atoms with E-state index in [-0.39, 0.29) is 48.5 Å². The van der Waals surface area contributed by atoms with E-state index in [4.69, 9.17) is 16.3 Å². The average Bonchev–Trinajstić information content (AvgIpc) is 3.22. The minimum Gasteiger partial charge on any atom is -0.456 e. The molecule has 7 rings (SSSR count). The Balaban J connectivity index is 1.000. The molecule has 0 aromatic heterocycles. The number of ether oxygens (including phenoxy) is 1. The maximum Gasteiger partial charge on any atom is 0.306 e. The summed E-state index contributed by atoms with van der Waals surface area (Å²) < 4.78 is 5.07. The van der Waals surface area contributed by atoms with E-state index in [2.05, 4.69) is 29.6 Å². The molecule has 7 nitrogen and oxygen atoms in total. The van der Waals surface area contributed by atoms with E-state index >= 15 is 0 Å². The van der Waals surface area contributed by atoms with E-state index in [1.54, 1.807) is 24.3 Å². The normalized spacial score (nSPS) is 22.0. The third-order valence-corrected chi connectivity index (χ3v) is 8.55. The van der Waals surface area contributed by atoms with Crippen LogP contribution in [0.25, 0.3) is 0 Å². The Morgan fingerprint density at radius 2 is 1.27 bits per heavy atom. The number of hydrogen-bond acceptors (Lipinski definition) is 5. The maximum atomic E-state index is 13.6. The predicted octanol–water partition coefficient (Wildman–Crippen LogP) is 5.27. The molecule has 0 unspecified atom stereocenters. The Morgan fingerprint density at radius 3 is 1.80 bits per heavy atom. The third kappa shape index (κ3) is 4.68. The van der Waals surface area contributed by atoms with Crippen molar-refractivity contribution in [3.05, 3.63) is 100 Å². The zero-order valence-corrected chi connectivity index (χ0v) is 22.6. The van der Waals surface area contributed by atoms with Crippen molar-refractivity contribution in [2.75, 3.05) is 18.5 Å². The molecule has 3 aromatic carbocycles. The van der Waals surface area contributed by atoms with Crippen LogP contribution in [0.2, 0.25) is 5.02 Å². The van der Waals surface area contributed by atoms with Crippen molar-refractivity contribution < 1.29 is 23.9 Å². The van der Waals surface area contributed by atoms with Crippen LogP contribution in [0, 0.1) is 11.8 Å². The lowest BCUT2D eigenvalue weighted by atomic mass is 9.55. The van der Waals surface area contributed by atoms with Gasteiger partial charge in [0.15, 0.2) is 6.61 Å². The SMILES string of the molecule is O=C(COC(=O)CCCCCN1C(=O)[C@H]2C3c4ccccc4C(c4ccccc43)[C@@H]2C1=O)Nc1ccc(Cl)cc1. The molecule has 0 saturated carbocycles. The van der Waals surface area contributed by atoms with Crippen LogP contribution in [0.3, 0.4) is 0 Å². The number of amides is 3. The average molecular weight is 557 g/mol. The van der Waals surface area contributed by atoms with E-state index in [0.717, 1.165) is 22.3 Å². The monoisotopic (exact) mass is 556 g/mol. The quantitative estimate of drug-likeness (QED) is 0.220. The second-order valence-corrected chi connectivity index (χ2v) is 11.1. The summed E-state index contributed by atoms with van der Waals surface area (Å²) in [6, 6.07) is 23.1. The molecule has 1 N–H and O–H groups in total. The van der Waals surface area contributed by atoms with Crippen LogP contribution < -0.4 is 5.32 Å². The maximum absolute atomic E-state index is 13.6. The van der Waals surface area contributed by atoms with Gasteiger partial charge in [-0.1, -0.05) is 66.6 Å². The van der Waals surface area contributed by atoms with Crippen LogP contribution in [-0.2, 0) is 23.9 Å². The van der Waals surface area contributed by atoms with Gasteiger partial charge in [-0.3, -0.25) is 24.1 Å². The molecule has 0 spiro atoms. The summed E-state index contributed by atoms with van der Waals surface area (Å²) in [6.45, 7) is -0.0243. The smallest absolute Gasteiger partial charge is 0.306 e. The number of carbonyl (C=O) groups excluding carboxylic acids is 4. The number of rotatable bonds is 9. The van der Waals surface area contributed by atoms with Gasteiger partial charge in [0.25, 0.3) is 5.91 Å². The fourth-order valence-corrected chi connectivity index (χ4v) is 6.75. The molecule has 1 saturated heterocycles. The van der Waals surface area contributed by atoms with E-state index in [9.17, 15) is 19.2 Å². The highest BCUT2D eigenvalue weighted by Crippen LogP contribution is 2.60. The van der Waals surface area contributed by atoms with Gasteiger partial charge in [-0.2, -0.15) is 0 Å². The van der Waals surface area contributed by atoms with Gasteiger partial charge in [0, 0.05) is 35.5 Å². The standard InChI is InChI=1S/C32H29ClN2O5/c33-19-13-15-20(16-14-19)34-25(36)18-40-26(37)12-2-1-7-17-35-31(38)29-27-21-8-3-4-9-22(21)28(30(29)32(35)39)24-11-6-5-10-23(24)27/h3-6,8-11,13-16,27-30H,1-2,7,12,17-18H2,(H,34,36)/t27?,28?,29-,30-/m0/s1. The largest absolute Gasteiger partial charge is 0.456 e. The molecule has 4 aliphatic rings. The van der Waals surface area contributed by atoms with Crippen molar-refractivity contribution in [1.82, 2.24) is 4.90 Å². The number of benzene rings is 3. The molecule has 2 atom stereocenters. The lowest BCUT2D eigenvalue weighted by Crippen LogP contribution is -2.41. The molecule has 8 heteroatoms. The molecule has 2 bridgehead atoms. The molecule has 3 aromatic rings. The van der Waals surface area contributed by atoms with Crippen LogP contribution in [0.1, 0.15) is 59.8 Å². The Morgan fingerprint density at radius 1 is 0.750 bits per heavy atom. The summed E-state index contributed by atoms with van der Waals surface area (Å²) in [5.41, 5.74) is 5.22. The van der Waals surface area contributed by atoms with Crippen molar-refractivity contribution in [3.63, 3.8) is 0 Å². The fourth-order valence-electron chi connectivity index (χ4n) is 6.62. The van der Waals surface area contributed by atoms with Crippen LogP contribution in [-0.4, -0.2) is 41.7 Å². The summed E-state index contributed by atoms with van der Waals surface area (Å²) in [4.78, 5) is 52.8. The molecular formula is C32H29ClN2O5. The lowest BCUT2D eigenvalue weighted by Gasteiger charge is -2.45. The third-order valence-electron chi connectivity index (χ3n) is 8.29. The number of nitrogens with one attached hydrogen (secondary N) is 1. The van der Waals surface area contributed by atoms with Crippen LogP contribution >= 0.6 is 11.6 Å². The zero-order valence-electron chi connectivity index (χ0n) is 21.8. The van der Waals surface area contributed by atoms with Crippen molar-refractivity contribution in [2.45, 2.75) is 37.5 Å². The Hall–Kier alpha value is -3.97. The number of nitrogens with zero attached hydrogens (tertiary/aromatic N) is 1. The van der Waals surface area contributed by atoms with Gasteiger partial charge in [0.1, 0.15) is 0 Å². The summed E-state index contributed by atoms with van der Waals surface area (Å²) in [6.07, 6.45) is 1.97. The lowest BCUT2D eigenvalue weighted by molar-refractivity contribution is -0.147. The first-order chi connectivity index (χ1) is 19.4. The van der Waals surface area contributed by atoms with Crippen molar-refractivity contribution in [1.29, 1.82) is 0 Å². The highest BCUT2D eigenvalue weighted by Gasteiger charge is 2.61. The van der Waals surface area contributed by atoms with Crippen LogP contribution in [0.4, 0.5) is 5.69 Å². The molecule has 40 heavy (non-hydrogen) atoms. The van der Waals surface area contributed by atoms with Crippen LogP contribution in [0.15, 0.2) is 72.8 Å². The molecular weight excluding hydrogens is 528 g/mol. The van der Waals surface area contributed by atoms with Crippen molar-refractivity contribution >= 4 is 41.0 Å².